The molecule has 2 aliphatic rings. The predicted molar refractivity (Wildman–Crippen MR) is 105 cm³/mol. The predicted octanol–water partition coefficient (Wildman–Crippen LogP) is 2.56. The van der Waals surface area contributed by atoms with E-state index in [0.29, 0.717) is 55.1 Å². The zero-order chi connectivity index (χ0) is 20.8. The maximum atomic E-state index is 14.4. The number of rotatable bonds is 3. The highest BCUT2D eigenvalue weighted by atomic mass is 19.1. The Balaban J connectivity index is 1.50. The first-order valence-electron chi connectivity index (χ1n) is 10.0. The van der Waals surface area contributed by atoms with Crippen molar-refractivity contribution in [1.29, 1.82) is 0 Å². The third kappa shape index (κ3) is 3.19. The van der Waals surface area contributed by atoms with E-state index in [-0.39, 0.29) is 11.9 Å². The lowest BCUT2D eigenvalue weighted by atomic mass is 10.0. The number of benzene rings is 1. The molecule has 2 atom stereocenters. The SMILES string of the molecule is O=C(c1cnn2ccc(N3CCCC3c3cc(F)ccc3F)nc12)N1CCC(O)C1. The van der Waals surface area contributed by atoms with E-state index in [9.17, 15) is 18.7 Å². The van der Waals surface area contributed by atoms with Crippen molar-refractivity contribution in [2.45, 2.75) is 31.4 Å². The fourth-order valence-electron chi connectivity index (χ4n) is 4.40. The molecule has 0 saturated carbocycles. The van der Waals surface area contributed by atoms with Crippen molar-refractivity contribution in [3.8, 4) is 0 Å². The average molecular weight is 413 g/mol. The number of aliphatic hydroxyl groups excluding tert-OH is 1. The van der Waals surface area contributed by atoms with Gasteiger partial charge < -0.3 is 14.9 Å². The van der Waals surface area contributed by atoms with E-state index in [0.717, 1.165) is 18.6 Å². The smallest absolute Gasteiger partial charge is 0.259 e. The second-order valence-electron chi connectivity index (χ2n) is 7.82. The highest BCUT2D eigenvalue weighted by Crippen LogP contribution is 2.37. The third-order valence-corrected chi connectivity index (χ3v) is 5.90. The summed E-state index contributed by atoms with van der Waals surface area (Å²) in [7, 11) is 0. The molecule has 2 aromatic heterocycles. The van der Waals surface area contributed by atoms with Gasteiger partial charge in [-0.15, -0.1) is 0 Å². The summed E-state index contributed by atoms with van der Waals surface area (Å²) in [5, 5.41) is 13.9. The van der Waals surface area contributed by atoms with E-state index in [1.807, 2.05) is 4.90 Å². The maximum absolute atomic E-state index is 14.4. The molecule has 2 fully saturated rings. The van der Waals surface area contributed by atoms with Gasteiger partial charge in [-0.2, -0.15) is 5.10 Å². The molecule has 2 aliphatic heterocycles. The van der Waals surface area contributed by atoms with Gasteiger partial charge in [-0.3, -0.25) is 4.79 Å². The number of fused-ring (bicyclic) bond motifs is 1. The van der Waals surface area contributed by atoms with E-state index < -0.39 is 17.7 Å². The van der Waals surface area contributed by atoms with Crippen LogP contribution < -0.4 is 4.90 Å². The van der Waals surface area contributed by atoms with Gasteiger partial charge in [-0.1, -0.05) is 0 Å². The molecule has 5 rings (SSSR count). The van der Waals surface area contributed by atoms with Gasteiger partial charge in [0.1, 0.15) is 23.0 Å². The first kappa shape index (κ1) is 18.9. The summed E-state index contributed by atoms with van der Waals surface area (Å²) in [5.74, 6) is -0.551. The lowest BCUT2D eigenvalue weighted by Crippen LogP contribution is -2.29. The Morgan fingerprint density at radius 3 is 2.83 bits per heavy atom. The van der Waals surface area contributed by atoms with Gasteiger partial charge in [-0.25, -0.2) is 18.3 Å². The molecule has 0 spiro atoms. The molecule has 2 saturated heterocycles. The summed E-state index contributed by atoms with van der Waals surface area (Å²) in [5.41, 5.74) is 1.08. The lowest BCUT2D eigenvalue weighted by molar-refractivity contribution is 0.0766. The fourth-order valence-corrected chi connectivity index (χ4v) is 4.40. The molecular weight excluding hydrogens is 392 g/mol. The minimum absolute atomic E-state index is 0.222. The third-order valence-electron chi connectivity index (χ3n) is 5.90. The van der Waals surface area contributed by atoms with E-state index >= 15 is 0 Å². The Kier molecular flexibility index (Phi) is 4.62. The quantitative estimate of drug-likeness (QED) is 0.715. The first-order valence-corrected chi connectivity index (χ1v) is 10.0. The molecule has 1 aromatic carbocycles. The molecule has 4 heterocycles. The molecule has 156 valence electrons. The van der Waals surface area contributed by atoms with Crippen LogP contribution in [-0.2, 0) is 0 Å². The Morgan fingerprint density at radius 2 is 2.03 bits per heavy atom. The van der Waals surface area contributed by atoms with Crippen LogP contribution in [0.25, 0.3) is 5.65 Å². The number of hydrogen-bond donors (Lipinski definition) is 1. The summed E-state index contributed by atoms with van der Waals surface area (Å²) >= 11 is 0. The number of likely N-dealkylation sites (tertiary alicyclic amines) is 1. The number of aromatic nitrogens is 3. The topological polar surface area (TPSA) is 74.0 Å². The van der Waals surface area contributed by atoms with Crippen molar-refractivity contribution < 1.29 is 18.7 Å². The van der Waals surface area contributed by atoms with Crippen LogP contribution in [-0.4, -0.2) is 56.2 Å². The molecular formula is C21H21F2N5O2. The maximum Gasteiger partial charge on any atom is 0.259 e. The number of carbonyl (C=O) groups is 1. The lowest BCUT2D eigenvalue weighted by Gasteiger charge is -2.26. The van der Waals surface area contributed by atoms with Gasteiger partial charge >= 0.3 is 0 Å². The number of halogens is 2. The largest absolute Gasteiger partial charge is 0.391 e. The zero-order valence-corrected chi connectivity index (χ0v) is 16.2. The van der Waals surface area contributed by atoms with Crippen LogP contribution in [0.1, 0.15) is 41.2 Å². The molecule has 3 aromatic rings. The summed E-state index contributed by atoms with van der Waals surface area (Å²) in [6, 6.07) is 4.94. The normalized spacial score (nSPS) is 21.7. The first-order chi connectivity index (χ1) is 14.5. The summed E-state index contributed by atoms with van der Waals surface area (Å²) < 4.78 is 29.7. The van der Waals surface area contributed by atoms with Crippen molar-refractivity contribution in [3.63, 3.8) is 0 Å². The Labute approximate surface area is 171 Å². The standard InChI is InChI=1S/C21H21F2N5O2/c22-13-3-4-17(23)15(10-13)18-2-1-7-27(18)19-6-9-28-20(25-19)16(11-24-28)21(30)26-8-5-14(29)12-26/h3-4,6,9-11,14,18,29H,1-2,5,7-8,12H2. The van der Waals surface area contributed by atoms with Gasteiger partial charge in [-0.05, 0) is 43.5 Å². The van der Waals surface area contributed by atoms with Crippen LogP contribution in [0.2, 0.25) is 0 Å². The Bertz CT molecular complexity index is 1120. The number of nitrogens with zero attached hydrogens (tertiary/aromatic N) is 5. The second-order valence-corrected chi connectivity index (χ2v) is 7.82. The van der Waals surface area contributed by atoms with Crippen molar-refractivity contribution in [2.75, 3.05) is 24.5 Å². The molecule has 1 amide bonds. The Morgan fingerprint density at radius 1 is 1.17 bits per heavy atom. The molecule has 1 N–H and O–H groups in total. The highest BCUT2D eigenvalue weighted by Gasteiger charge is 2.31. The van der Waals surface area contributed by atoms with Crippen molar-refractivity contribution in [2.24, 2.45) is 0 Å². The minimum Gasteiger partial charge on any atom is -0.391 e. The summed E-state index contributed by atoms with van der Waals surface area (Å²) in [4.78, 5) is 21.1. The number of aliphatic hydroxyl groups is 1. The van der Waals surface area contributed by atoms with Crippen LogP contribution in [0.15, 0.2) is 36.7 Å². The fraction of sp³-hybridized carbons (Fsp3) is 0.381. The number of amides is 1. The van der Waals surface area contributed by atoms with E-state index in [4.69, 9.17) is 0 Å². The van der Waals surface area contributed by atoms with Gasteiger partial charge in [0.25, 0.3) is 5.91 Å². The number of β-amino-alcohol motifs (C(OH)–C–C–N with tert-alkyl or cyclic N) is 1. The van der Waals surface area contributed by atoms with Gasteiger partial charge in [0, 0.05) is 31.4 Å². The van der Waals surface area contributed by atoms with Gasteiger partial charge in [0.05, 0.1) is 18.3 Å². The Hall–Kier alpha value is -3.07. The highest BCUT2D eigenvalue weighted by molar-refractivity contribution is 6.00. The molecule has 0 radical (unpaired) electrons. The van der Waals surface area contributed by atoms with Crippen LogP contribution in [0.5, 0.6) is 0 Å². The van der Waals surface area contributed by atoms with Gasteiger partial charge in [0.15, 0.2) is 5.65 Å². The molecule has 7 nitrogen and oxygen atoms in total. The number of hydrogen-bond acceptors (Lipinski definition) is 5. The average Bonchev–Trinajstić information content (AvgIpc) is 3.47. The summed E-state index contributed by atoms with van der Waals surface area (Å²) in [6.07, 6.45) is 4.75. The molecule has 2 unspecified atom stereocenters. The van der Waals surface area contributed by atoms with Gasteiger partial charge in [0.2, 0.25) is 0 Å². The summed E-state index contributed by atoms with van der Waals surface area (Å²) in [6.45, 7) is 1.44. The molecule has 0 bridgehead atoms. The second kappa shape index (κ2) is 7.32. The minimum atomic E-state index is -0.508. The van der Waals surface area contributed by atoms with E-state index in [1.54, 1.807) is 17.2 Å². The van der Waals surface area contributed by atoms with Crippen LogP contribution in [0.3, 0.4) is 0 Å². The molecule has 0 aliphatic carbocycles. The van der Waals surface area contributed by atoms with Crippen molar-refractivity contribution >= 4 is 17.4 Å². The van der Waals surface area contributed by atoms with E-state index in [2.05, 4.69) is 10.1 Å². The van der Waals surface area contributed by atoms with Crippen LogP contribution >= 0.6 is 0 Å². The van der Waals surface area contributed by atoms with Crippen LogP contribution in [0.4, 0.5) is 14.6 Å². The number of anilines is 1. The zero-order valence-electron chi connectivity index (χ0n) is 16.2. The monoisotopic (exact) mass is 413 g/mol. The van der Waals surface area contributed by atoms with Crippen molar-refractivity contribution in [1.82, 2.24) is 19.5 Å². The number of carbonyl (C=O) groups excluding carboxylic acids is 1. The van der Waals surface area contributed by atoms with E-state index in [1.165, 1.54) is 16.8 Å². The van der Waals surface area contributed by atoms with Crippen molar-refractivity contribution in [3.05, 3.63) is 59.4 Å². The molecule has 9 heteroatoms. The molecule has 30 heavy (non-hydrogen) atoms. The van der Waals surface area contributed by atoms with Crippen LogP contribution in [0, 0.1) is 11.6 Å².